The lowest BCUT2D eigenvalue weighted by Gasteiger charge is -2.24. The van der Waals surface area contributed by atoms with Crippen molar-refractivity contribution in [3.05, 3.63) is 0 Å². The van der Waals surface area contributed by atoms with Crippen LogP contribution in [-0.4, -0.2) is 25.0 Å². The summed E-state index contributed by atoms with van der Waals surface area (Å²) in [6, 6.07) is 0. The van der Waals surface area contributed by atoms with Crippen molar-refractivity contribution >= 4 is 15.2 Å². The zero-order valence-corrected chi connectivity index (χ0v) is 11.4. The SMILES string of the molecule is O=P(O)(O)C(CC1CCCCCC1)P(=O)(O)O. The summed E-state index contributed by atoms with van der Waals surface area (Å²) in [6.07, 6.45) is 5.65. The Balaban J connectivity index is 2.72. The fraction of sp³-hybridized carbons (Fsp3) is 1.00. The van der Waals surface area contributed by atoms with Gasteiger partial charge in [0.15, 0.2) is 5.40 Å². The van der Waals surface area contributed by atoms with Gasteiger partial charge < -0.3 is 19.6 Å². The van der Waals surface area contributed by atoms with Crippen molar-refractivity contribution < 1.29 is 28.7 Å². The van der Waals surface area contributed by atoms with Crippen LogP contribution in [0.1, 0.15) is 44.9 Å². The van der Waals surface area contributed by atoms with E-state index in [1.54, 1.807) is 0 Å². The molecule has 0 radical (unpaired) electrons. The van der Waals surface area contributed by atoms with E-state index in [0.29, 0.717) is 0 Å². The van der Waals surface area contributed by atoms with Gasteiger partial charge in [0.25, 0.3) is 0 Å². The van der Waals surface area contributed by atoms with Gasteiger partial charge in [-0.3, -0.25) is 9.13 Å². The molecule has 0 heterocycles. The highest BCUT2D eigenvalue weighted by atomic mass is 31.2. The maximum atomic E-state index is 11.1. The fourth-order valence-electron chi connectivity index (χ4n) is 2.37. The van der Waals surface area contributed by atoms with Crippen LogP contribution in [0.5, 0.6) is 0 Å². The second-order valence-corrected chi connectivity index (χ2v) is 8.76. The zero-order valence-electron chi connectivity index (χ0n) is 9.60. The van der Waals surface area contributed by atoms with Crippen LogP contribution < -0.4 is 0 Å². The molecule has 1 rings (SSSR count). The molecule has 1 aliphatic carbocycles. The van der Waals surface area contributed by atoms with E-state index < -0.39 is 20.6 Å². The van der Waals surface area contributed by atoms with E-state index in [2.05, 4.69) is 0 Å². The first-order valence-electron chi connectivity index (χ1n) is 5.81. The first-order chi connectivity index (χ1) is 7.71. The molecule has 0 saturated heterocycles. The van der Waals surface area contributed by atoms with Gasteiger partial charge >= 0.3 is 15.2 Å². The molecular weight excluding hydrogens is 266 g/mol. The van der Waals surface area contributed by atoms with Crippen molar-refractivity contribution in [2.75, 3.05) is 0 Å². The molecule has 8 heteroatoms. The Morgan fingerprint density at radius 3 is 1.65 bits per heavy atom. The van der Waals surface area contributed by atoms with Crippen LogP contribution >= 0.6 is 15.2 Å². The minimum Gasteiger partial charge on any atom is -0.324 e. The second kappa shape index (κ2) is 5.96. The van der Waals surface area contributed by atoms with Gasteiger partial charge in [-0.05, 0) is 12.3 Å². The Kier molecular flexibility index (Phi) is 5.39. The highest BCUT2D eigenvalue weighted by Gasteiger charge is 2.44. The normalized spacial score (nSPS) is 20.5. The van der Waals surface area contributed by atoms with Crippen LogP contribution in [0.4, 0.5) is 0 Å². The first kappa shape index (κ1) is 15.4. The maximum absolute atomic E-state index is 11.1. The molecule has 0 unspecified atom stereocenters. The average molecular weight is 286 g/mol. The van der Waals surface area contributed by atoms with Gasteiger partial charge in [0.1, 0.15) is 0 Å². The topological polar surface area (TPSA) is 115 Å². The Hall–Kier alpha value is 0.300. The monoisotopic (exact) mass is 286 g/mol. The van der Waals surface area contributed by atoms with Crippen LogP contribution in [-0.2, 0) is 9.13 Å². The van der Waals surface area contributed by atoms with Gasteiger partial charge in [-0.2, -0.15) is 0 Å². The lowest BCUT2D eigenvalue weighted by molar-refractivity contribution is 0.318. The molecule has 102 valence electrons. The number of rotatable bonds is 4. The van der Waals surface area contributed by atoms with Gasteiger partial charge in [-0.1, -0.05) is 38.5 Å². The summed E-state index contributed by atoms with van der Waals surface area (Å²) in [5.74, 6) is 0.0164. The van der Waals surface area contributed by atoms with Gasteiger partial charge in [0.05, 0.1) is 0 Å². The lowest BCUT2D eigenvalue weighted by atomic mass is 9.98. The third-order valence-corrected chi connectivity index (χ3v) is 7.08. The predicted octanol–water partition coefficient (Wildman–Crippen LogP) is 2.03. The minimum absolute atomic E-state index is 0.0164. The summed E-state index contributed by atoms with van der Waals surface area (Å²) in [7, 11) is -9.48. The summed E-state index contributed by atoms with van der Waals surface area (Å²) in [4.78, 5) is 36.1. The third kappa shape index (κ3) is 5.21. The predicted molar refractivity (Wildman–Crippen MR) is 63.7 cm³/mol. The van der Waals surface area contributed by atoms with E-state index in [1.165, 1.54) is 0 Å². The molecule has 0 aromatic heterocycles. The van der Waals surface area contributed by atoms with E-state index in [1.807, 2.05) is 0 Å². The zero-order chi connectivity index (χ0) is 13.1. The van der Waals surface area contributed by atoms with Crippen LogP contribution in [0.2, 0.25) is 0 Å². The van der Waals surface area contributed by atoms with E-state index in [0.717, 1.165) is 38.5 Å². The molecule has 1 fully saturated rings. The summed E-state index contributed by atoms with van der Waals surface area (Å²) in [6.45, 7) is 0. The lowest BCUT2D eigenvalue weighted by Crippen LogP contribution is -2.15. The van der Waals surface area contributed by atoms with Gasteiger partial charge in [0, 0.05) is 0 Å². The highest BCUT2D eigenvalue weighted by molar-refractivity contribution is 7.70. The molecule has 6 nitrogen and oxygen atoms in total. The molecule has 0 aromatic carbocycles. The van der Waals surface area contributed by atoms with E-state index in [9.17, 15) is 9.13 Å². The molecule has 1 aliphatic rings. The smallest absolute Gasteiger partial charge is 0.324 e. The molecule has 1 saturated carbocycles. The fourth-order valence-corrected chi connectivity index (χ4v) is 5.08. The van der Waals surface area contributed by atoms with Crippen molar-refractivity contribution in [2.24, 2.45) is 5.92 Å². The Morgan fingerprint density at radius 2 is 1.29 bits per heavy atom. The Bertz CT molecular complexity index is 302. The van der Waals surface area contributed by atoms with Gasteiger partial charge in [-0.15, -0.1) is 0 Å². The summed E-state index contributed by atoms with van der Waals surface area (Å²) >= 11 is 0. The molecule has 0 aliphatic heterocycles. The summed E-state index contributed by atoms with van der Waals surface area (Å²) in [5.41, 5.74) is 0. The largest absolute Gasteiger partial charge is 0.340 e. The Labute approximate surface area is 101 Å². The van der Waals surface area contributed by atoms with Crippen LogP contribution in [0.25, 0.3) is 0 Å². The van der Waals surface area contributed by atoms with Crippen LogP contribution in [0.3, 0.4) is 0 Å². The first-order valence-corrected chi connectivity index (χ1v) is 9.18. The molecule has 17 heavy (non-hydrogen) atoms. The van der Waals surface area contributed by atoms with E-state index in [-0.39, 0.29) is 12.3 Å². The molecule has 0 aromatic rings. The second-order valence-electron chi connectivity index (χ2n) is 4.75. The van der Waals surface area contributed by atoms with Crippen molar-refractivity contribution in [3.8, 4) is 0 Å². The van der Waals surface area contributed by atoms with Crippen LogP contribution in [0.15, 0.2) is 0 Å². The van der Waals surface area contributed by atoms with Gasteiger partial charge in [0.2, 0.25) is 0 Å². The van der Waals surface area contributed by atoms with Crippen molar-refractivity contribution in [3.63, 3.8) is 0 Å². The maximum Gasteiger partial charge on any atom is 0.340 e. The molecular formula is C9H20O6P2. The molecule has 0 bridgehead atoms. The Morgan fingerprint density at radius 1 is 0.882 bits per heavy atom. The van der Waals surface area contributed by atoms with E-state index >= 15 is 0 Å². The number of hydrogen-bond acceptors (Lipinski definition) is 2. The summed E-state index contributed by atoms with van der Waals surface area (Å²) < 4.78 is 22.3. The summed E-state index contributed by atoms with van der Waals surface area (Å²) in [5, 5.41) is -1.82. The number of hydrogen-bond donors (Lipinski definition) is 4. The average Bonchev–Trinajstić information content (AvgIpc) is 2.38. The molecule has 0 atom stereocenters. The van der Waals surface area contributed by atoms with E-state index in [4.69, 9.17) is 19.6 Å². The molecule has 4 N–H and O–H groups in total. The quantitative estimate of drug-likeness (QED) is 0.464. The minimum atomic E-state index is -4.74. The molecule has 0 amide bonds. The third-order valence-electron chi connectivity index (χ3n) is 3.30. The van der Waals surface area contributed by atoms with Crippen molar-refractivity contribution in [1.29, 1.82) is 0 Å². The van der Waals surface area contributed by atoms with Crippen molar-refractivity contribution in [2.45, 2.75) is 50.3 Å². The van der Waals surface area contributed by atoms with Gasteiger partial charge in [-0.25, -0.2) is 0 Å². The standard InChI is InChI=1S/C9H20O6P2/c10-16(11,12)9(17(13,14)15)7-8-5-3-1-2-4-6-8/h8-9H,1-7H2,(H2,10,11,12)(H2,13,14,15). The highest BCUT2D eigenvalue weighted by Crippen LogP contribution is 2.62. The van der Waals surface area contributed by atoms with Crippen LogP contribution in [0, 0.1) is 5.92 Å². The molecule has 0 spiro atoms. The van der Waals surface area contributed by atoms with Crippen molar-refractivity contribution in [1.82, 2.24) is 0 Å².